The summed E-state index contributed by atoms with van der Waals surface area (Å²) in [4.78, 5) is 21.3. The first-order valence-corrected chi connectivity index (χ1v) is 12.0. The van der Waals surface area contributed by atoms with Crippen LogP contribution in [0.15, 0.2) is 95.7 Å². The number of para-hydroxylation sites is 1. The number of benzene rings is 2. The number of amides is 1. The number of carbonyl (C=O) groups excluding carboxylic acids is 1. The smallest absolute Gasteiger partial charge is 0.236 e. The zero-order chi connectivity index (χ0) is 22.5. The van der Waals surface area contributed by atoms with E-state index in [1.54, 1.807) is 12.4 Å². The molecule has 0 aliphatic rings. The summed E-state index contributed by atoms with van der Waals surface area (Å²) < 4.78 is 1.94. The molecule has 0 saturated heterocycles. The van der Waals surface area contributed by atoms with Crippen LogP contribution < -0.4 is 5.32 Å². The molecule has 0 fully saturated rings. The molecular formula is C24H18N6OS2. The Balaban J connectivity index is 1.32. The van der Waals surface area contributed by atoms with Crippen molar-refractivity contribution >= 4 is 34.1 Å². The highest BCUT2D eigenvalue weighted by Crippen LogP contribution is 2.28. The van der Waals surface area contributed by atoms with Crippen molar-refractivity contribution in [2.45, 2.75) is 5.16 Å². The minimum Gasteiger partial charge on any atom is -0.301 e. The molecule has 5 rings (SSSR count). The topological polar surface area (TPSA) is 85.6 Å². The second-order valence-electron chi connectivity index (χ2n) is 6.96. The van der Waals surface area contributed by atoms with Crippen molar-refractivity contribution < 1.29 is 4.79 Å². The summed E-state index contributed by atoms with van der Waals surface area (Å²) in [5.74, 6) is 0.697. The number of aromatic nitrogens is 5. The van der Waals surface area contributed by atoms with Crippen LogP contribution in [0.4, 0.5) is 5.13 Å². The molecule has 2 aromatic carbocycles. The third-order valence-electron chi connectivity index (χ3n) is 4.72. The number of carbonyl (C=O) groups is 1. The lowest BCUT2D eigenvalue weighted by atomic mass is 10.2. The van der Waals surface area contributed by atoms with Gasteiger partial charge in [0.2, 0.25) is 5.91 Å². The van der Waals surface area contributed by atoms with Crippen LogP contribution in [0.3, 0.4) is 0 Å². The number of hydrogen-bond acceptors (Lipinski definition) is 7. The van der Waals surface area contributed by atoms with Gasteiger partial charge in [0.1, 0.15) is 0 Å². The summed E-state index contributed by atoms with van der Waals surface area (Å²) in [7, 11) is 0. The number of pyridine rings is 1. The van der Waals surface area contributed by atoms with Gasteiger partial charge in [-0.3, -0.25) is 14.3 Å². The van der Waals surface area contributed by atoms with E-state index in [9.17, 15) is 4.79 Å². The molecule has 0 radical (unpaired) electrons. The fourth-order valence-corrected chi connectivity index (χ4v) is 4.70. The van der Waals surface area contributed by atoms with E-state index in [0.29, 0.717) is 16.1 Å². The third-order valence-corrected chi connectivity index (χ3v) is 6.41. The summed E-state index contributed by atoms with van der Waals surface area (Å²) >= 11 is 2.73. The van der Waals surface area contributed by atoms with Gasteiger partial charge < -0.3 is 5.32 Å². The van der Waals surface area contributed by atoms with Crippen LogP contribution in [0.2, 0.25) is 0 Å². The van der Waals surface area contributed by atoms with Crippen LogP contribution in [0.1, 0.15) is 0 Å². The summed E-state index contributed by atoms with van der Waals surface area (Å²) in [5, 5.41) is 14.7. The number of anilines is 1. The van der Waals surface area contributed by atoms with Gasteiger partial charge in [0.05, 0.1) is 11.4 Å². The van der Waals surface area contributed by atoms with Gasteiger partial charge in [0, 0.05) is 34.6 Å². The van der Waals surface area contributed by atoms with Crippen molar-refractivity contribution in [3.63, 3.8) is 0 Å². The lowest BCUT2D eigenvalue weighted by Crippen LogP contribution is -2.14. The van der Waals surface area contributed by atoms with E-state index in [1.165, 1.54) is 23.1 Å². The van der Waals surface area contributed by atoms with Gasteiger partial charge in [0.15, 0.2) is 16.1 Å². The predicted molar refractivity (Wildman–Crippen MR) is 131 cm³/mol. The summed E-state index contributed by atoms with van der Waals surface area (Å²) in [5.41, 5.74) is 3.62. The molecule has 0 spiro atoms. The van der Waals surface area contributed by atoms with Gasteiger partial charge in [-0.15, -0.1) is 21.5 Å². The Morgan fingerprint density at radius 1 is 0.939 bits per heavy atom. The maximum absolute atomic E-state index is 12.6. The Hall–Kier alpha value is -3.82. The zero-order valence-corrected chi connectivity index (χ0v) is 19.0. The van der Waals surface area contributed by atoms with Crippen LogP contribution in [0, 0.1) is 0 Å². The predicted octanol–water partition coefficient (Wildman–Crippen LogP) is 5.18. The van der Waals surface area contributed by atoms with E-state index in [-0.39, 0.29) is 11.7 Å². The lowest BCUT2D eigenvalue weighted by Gasteiger charge is -2.10. The Morgan fingerprint density at radius 3 is 2.45 bits per heavy atom. The fraction of sp³-hybridized carbons (Fsp3) is 0.0417. The number of thioether (sulfide) groups is 1. The van der Waals surface area contributed by atoms with Gasteiger partial charge in [-0.25, -0.2) is 4.98 Å². The van der Waals surface area contributed by atoms with Crippen molar-refractivity contribution in [3.8, 4) is 28.3 Å². The van der Waals surface area contributed by atoms with E-state index in [4.69, 9.17) is 0 Å². The Morgan fingerprint density at radius 2 is 1.70 bits per heavy atom. The molecule has 0 bridgehead atoms. The van der Waals surface area contributed by atoms with Crippen LogP contribution in [0.25, 0.3) is 28.3 Å². The minimum absolute atomic E-state index is 0.153. The summed E-state index contributed by atoms with van der Waals surface area (Å²) in [6.07, 6.45) is 3.46. The van der Waals surface area contributed by atoms with E-state index < -0.39 is 0 Å². The molecule has 0 atom stereocenters. The molecule has 3 heterocycles. The average molecular weight is 471 g/mol. The number of thiazole rings is 1. The molecule has 0 saturated carbocycles. The molecule has 7 nitrogen and oxygen atoms in total. The molecule has 0 aliphatic heterocycles. The molecule has 162 valence electrons. The first kappa shape index (κ1) is 21.0. The maximum atomic E-state index is 12.6. The van der Waals surface area contributed by atoms with Crippen molar-refractivity contribution in [3.05, 3.63) is 90.6 Å². The molecule has 5 aromatic rings. The molecule has 33 heavy (non-hydrogen) atoms. The van der Waals surface area contributed by atoms with Crippen LogP contribution >= 0.6 is 23.1 Å². The zero-order valence-electron chi connectivity index (χ0n) is 17.3. The van der Waals surface area contributed by atoms with E-state index in [0.717, 1.165) is 22.5 Å². The number of nitrogens with zero attached hydrogens (tertiary/aromatic N) is 5. The largest absolute Gasteiger partial charge is 0.301 e. The SMILES string of the molecule is O=C(CSc1nnc(-c2cccnc2)n1-c1ccccc1)Nc1nc(-c2ccccc2)cs1. The van der Waals surface area contributed by atoms with E-state index in [2.05, 4.69) is 25.5 Å². The highest BCUT2D eigenvalue weighted by Gasteiger charge is 2.18. The minimum atomic E-state index is -0.153. The van der Waals surface area contributed by atoms with Crippen molar-refractivity contribution in [2.75, 3.05) is 11.1 Å². The first-order valence-electron chi connectivity index (χ1n) is 10.1. The van der Waals surface area contributed by atoms with Gasteiger partial charge in [-0.05, 0) is 24.3 Å². The third kappa shape index (κ3) is 4.84. The number of nitrogens with one attached hydrogen (secondary N) is 1. The van der Waals surface area contributed by atoms with Crippen LogP contribution in [0.5, 0.6) is 0 Å². The van der Waals surface area contributed by atoms with Gasteiger partial charge >= 0.3 is 0 Å². The van der Waals surface area contributed by atoms with Crippen LogP contribution in [-0.2, 0) is 4.79 Å². The summed E-state index contributed by atoms with van der Waals surface area (Å²) in [6.45, 7) is 0. The molecule has 0 aliphatic carbocycles. The molecule has 1 amide bonds. The van der Waals surface area contributed by atoms with Gasteiger partial charge in [-0.2, -0.15) is 0 Å². The standard InChI is InChI=1S/C24H18N6OS2/c31-21(27-23-26-20(15-32-23)17-8-3-1-4-9-17)16-33-24-29-28-22(18-10-7-13-25-14-18)30(24)19-11-5-2-6-12-19/h1-15H,16H2,(H,26,27,31). The van der Waals surface area contributed by atoms with Crippen molar-refractivity contribution in [1.29, 1.82) is 0 Å². The Bertz CT molecular complexity index is 1350. The quantitative estimate of drug-likeness (QED) is 0.330. The molecular weight excluding hydrogens is 452 g/mol. The molecule has 9 heteroatoms. The highest BCUT2D eigenvalue weighted by molar-refractivity contribution is 7.99. The van der Waals surface area contributed by atoms with Crippen molar-refractivity contribution in [1.82, 2.24) is 24.7 Å². The molecule has 3 aromatic heterocycles. The maximum Gasteiger partial charge on any atom is 0.236 e. The van der Waals surface area contributed by atoms with Gasteiger partial charge in [0.25, 0.3) is 0 Å². The number of rotatable bonds is 7. The second kappa shape index (κ2) is 9.76. The number of hydrogen-bond donors (Lipinski definition) is 1. The first-order chi connectivity index (χ1) is 16.3. The fourth-order valence-electron chi connectivity index (χ4n) is 3.21. The second-order valence-corrected chi connectivity index (χ2v) is 8.76. The highest BCUT2D eigenvalue weighted by atomic mass is 32.2. The van der Waals surface area contributed by atoms with Crippen LogP contribution in [-0.4, -0.2) is 36.4 Å². The van der Waals surface area contributed by atoms with E-state index >= 15 is 0 Å². The Kier molecular flexibility index (Phi) is 6.23. The van der Waals surface area contributed by atoms with E-state index in [1.807, 2.05) is 82.7 Å². The molecule has 1 N–H and O–H groups in total. The lowest BCUT2D eigenvalue weighted by molar-refractivity contribution is -0.113. The summed E-state index contributed by atoms with van der Waals surface area (Å²) in [6, 6.07) is 23.5. The van der Waals surface area contributed by atoms with Gasteiger partial charge in [-0.1, -0.05) is 60.3 Å². The average Bonchev–Trinajstić information content (AvgIpc) is 3.52. The molecule has 0 unspecified atom stereocenters. The van der Waals surface area contributed by atoms with Crippen molar-refractivity contribution in [2.24, 2.45) is 0 Å². The Labute approximate surface area is 198 Å². The monoisotopic (exact) mass is 470 g/mol. The normalized spacial score (nSPS) is 10.8.